The zero-order chi connectivity index (χ0) is 16.4. The van der Waals surface area contributed by atoms with Crippen molar-refractivity contribution in [2.24, 2.45) is 0 Å². The number of rotatable bonds is 4. The van der Waals surface area contributed by atoms with Crippen LogP contribution in [0.3, 0.4) is 0 Å². The van der Waals surface area contributed by atoms with Crippen molar-refractivity contribution in [3.8, 4) is 22.9 Å². The van der Waals surface area contributed by atoms with E-state index in [1.807, 2.05) is 35.0 Å². The van der Waals surface area contributed by atoms with Crippen LogP contribution >= 0.6 is 22.9 Å². The number of hydrogen-bond acceptors (Lipinski definition) is 6. The van der Waals surface area contributed by atoms with Crippen LogP contribution in [0, 0.1) is 0 Å². The lowest BCUT2D eigenvalue weighted by Crippen LogP contribution is -1.96. The molecule has 4 aromatic rings. The fourth-order valence-electron chi connectivity index (χ4n) is 2.13. The predicted molar refractivity (Wildman–Crippen MR) is 95.6 cm³/mol. The Morgan fingerprint density at radius 2 is 1.96 bits per heavy atom. The van der Waals surface area contributed by atoms with Gasteiger partial charge in [-0.2, -0.15) is 11.3 Å². The summed E-state index contributed by atoms with van der Waals surface area (Å²) in [5.74, 6) is 2.53. The first-order valence-corrected chi connectivity index (χ1v) is 8.44. The van der Waals surface area contributed by atoms with Gasteiger partial charge in [-0.15, -0.1) is 0 Å². The third-order valence-electron chi connectivity index (χ3n) is 3.26. The van der Waals surface area contributed by atoms with Crippen LogP contribution in [0.25, 0.3) is 22.9 Å². The molecule has 0 unspecified atom stereocenters. The Morgan fingerprint density at radius 1 is 1.00 bits per heavy atom. The maximum atomic E-state index is 5.84. The van der Waals surface area contributed by atoms with E-state index in [0.717, 1.165) is 5.56 Å². The van der Waals surface area contributed by atoms with Crippen molar-refractivity contribution < 1.29 is 4.42 Å². The highest BCUT2D eigenvalue weighted by molar-refractivity contribution is 7.08. The first-order valence-electron chi connectivity index (χ1n) is 7.12. The SMILES string of the molecule is Clc1ccc(Nc2cccc(-c3cnc(-c4ccsc4)o3)n2)nc1. The lowest BCUT2D eigenvalue weighted by atomic mass is 10.3. The topological polar surface area (TPSA) is 63.8 Å². The molecule has 0 aliphatic heterocycles. The van der Waals surface area contributed by atoms with Gasteiger partial charge in [-0.1, -0.05) is 17.7 Å². The summed E-state index contributed by atoms with van der Waals surface area (Å²) >= 11 is 7.44. The molecule has 0 spiro atoms. The molecule has 0 aliphatic rings. The molecule has 0 radical (unpaired) electrons. The standard InChI is InChI=1S/C17H11ClN4OS/c18-12-4-5-15(19-8-12)22-16-3-1-2-13(21-16)14-9-20-17(23-14)11-6-7-24-10-11/h1-10H,(H,19,21,22). The van der Waals surface area contributed by atoms with Crippen LogP contribution in [-0.2, 0) is 0 Å². The smallest absolute Gasteiger partial charge is 0.227 e. The molecule has 4 aromatic heterocycles. The maximum Gasteiger partial charge on any atom is 0.227 e. The molecule has 0 saturated carbocycles. The molecule has 118 valence electrons. The van der Waals surface area contributed by atoms with Gasteiger partial charge in [0, 0.05) is 17.1 Å². The summed E-state index contributed by atoms with van der Waals surface area (Å²) in [7, 11) is 0. The summed E-state index contributed by atoms with van der Waals surface area (Å²) in [6, 6.07) is 11.2. The van der Waals surface area contributed by atoms with Crippen molar-refractivity contribution in [3.05, 3.63) is 64.6 Å². The maximum absolute atomic E-state index is 5.84. The Bertz CT molecular complexity index is 951. The Balaban J connectivity index is 1.59. The molecule has 0 fully saturated rings. The van der Waals surface area contributed by atoms with Gasteiger partial charge in [-0.3, -0.25) is 0 Å². The molecular formula is C17H11ClN4OS. The molecule has 0 atom stereocenters. The van der Waals surface area contributed by atoms with E-state index in [2.05, 4.69) is 20.3 Å². The first kappa shape index (κ1) is 14.9. The molecule has 0 saturated heterocycles. The average Bonchev–Trinajstić information content (AvgIpc) is 3.28. The number of thiophene rings is 1. The largest absolute Gasteiger partial charge is 0.434 e. The van der Waals surface area contributed by atoms with Crippen LogP contribution in [0.4, 0.5) is 11.6 Å². The fourth-order valence-corrected chi connectivity index (χ4v) is 2.88. The number of oxazole rings is 1. The summed E-state index contributed by atoms with van der Waals surface area (Å²) in [6.45, 7) is 0. The monoisotopic (exact) mass is 354 g/mol. The van der Waals surface area contributed by atoms with Crippen molar-refractivity contribution in [3.63, 3.8) is 0 Å². The van der Waals surface area contributed by atoms with E-state index in [0.29, 0.717) is 34.0 Å². The van der Waals surface area contributed by atoms with Crippen molar-refractivity contribution in [2.75, 3.05) is 5.32 Å². The second-order valence-electron chi connectivity index (χ2n) is 4.94. The summed E-state index contributed by atoms with van der Waals surface area (Å²) in [4.78, 5) is 13.0. The van der Waals surface area contributed by atoms with Crippen LogP contribution in [0.1, 0.15) is 0 Å². The van der Waals surface area contributed by atoms with Gasteiger partial charge in [-0.05, 0) is 35.7 Å². The van der Waals surface area contributed by atoms with Crippen molar-refractivity contribution in [1.82, 2.24) is 15.0 Å². The molecule has 0 aromatic carbocycles. The van der Waals surface area contributed by atoms with E-state index in [9.17, 15) is 0 Å². The quantitative estimate of drug-likeness (QED) is 0.541. The second-order valence-corrected chi connectivity index (χ2v) is 6.15. The second kappa shape index (κ2) is 6.43. The molecule has 1 N–H and O–H groups in total. The van der Waals surface area contributed by atoms with Crippen LogP contribution in [0.5, 0.6) is 0 Å². The number of nitrogens with zero attached hydrogens (tertiary/aromatic N) is 3. The Hall–Kier alpha value is -2.70. The lowest BCUT2D eigenvalue weighted by Gasteiger charge is -2.05. The van der Waals surface area contributed by atoms with Gasteiger partial charge in [0.15, 0.2) is 5.76 Å². The minimum Gasteiger partial charge on any atom is -0.434 e. The summed E-state index contributed by atoms with van der Waals surface area (Å²) in [5, 5.41) is 7.70. The Labute approximate surface area is 147 Å². The lowest BCUT2D eigenvalue weighted by molar-refractivity contribution is 0.587. The van der Waals surface area contributed by atoms with Crippen LogP contribution < -0.4 is 5.32 Å². The normalized spacial score (nSPS) is 10.7. The molecule has 7 heteroatoms. The molecule has 0 bridgehead atoms. The minimum atomic E-state index is 0.588. The number of hydrogen-bond donors (Lipinski definition) is 1. The molecule has 4 heterocycles. The van der Waals surface area contributed by atoms with Gasteiger partial charge in [0.05, 0.1) is 11.2 Å². The van der Waals surface area contributed by atoms with E-state index >= 15 is 0 Å². The average molecular weight is 355 g/mol. The van der Waals surface area contributed by atoms with E-state index < -0.39 is 0 Å². The number of halogens is 1. The van der Waals surface area contributed by atoms with Crippen LogP contribution in [0.15, 0.2) is 64.0 Å². The summed E-state index contributed by atoms with van der Waals surface area (Å²) in [6.07, 6.45) is 3.26. The third-order valence-corrected chi connectivity index (χ3v) is 4.17. The van der Waals surface area contributed by atoms with Crippen molar-refractivity contribution in [2.45, 2.75) is 0 Å². The molecule has 5 nitrogen and oxygen atoms in total. The van der Waals surface area contributed by atoms with Crippen LogP contribution in [-0.4, -0.2) is 15.0 Å². The number of aromatic nitrogens is 3. The van der Waals surface area contributed by atoms with E-state index in [1.165, 1.54) is 0 Å². The number of pyridine rings is 2. The van der Waals surface area contributed by atoms with Crippen molar-refractivity contribution >= 4 is 34.6 Å². The van der Waals surface area contributed by atoms with Gasteiger partial charge in [0.1, 0.15) is 17.3 Å². The van der Waals surface area contributed by atoms with Gasteiger partial charge < -0.3 is 9.73 Å². The summed E-state index contributed by atoms with van der Waals surface area (Å²) in [5.41, 5.74) is 1.66. The van der Waals surface area contributed by atoms with Gasteiger partial charge in [-0.25, -0.2) is 15.0 Å². The van der Waals surface area contributed by atoms with Gasteiger partial charge >= 0.3 is 0 Å². The summed E-state index contributed by atoms with van der Waals surface area (Å²) < 4.78 is 5.81. The zero-order valence-electron chi connectivity index (χ0n) is 12.3. The molecule has 0 aliphatic carbocycles. The van der Waals surface area contributed by atoms with Crippen molar-refractivity contribution in [1.29, 1.82) is 0 Å². The van der Waals surface area contributed by atoms with E-state index in [1.54, 1.807) is 35.9 Å². The highest BCUT2D eigenvalue weighted by atomic mass is 35.5. The third kappa shape index (κ3) is 3.15. The molecule has 24 heavy (non-hydrogen) atoms. The van der Waals surface area contributed by atoms with E-state index in [4.69, 9.17) is 16.0 Å². The Kier molecular flexibility index (Phi) is 3.98. The highest BCUT2D eigenvalue weighted by Crippen LogP contribution is 2.27. The minimum absolute atomic E-state index is 0.588. The van der Waals surface area contributed by atoms with Crippen LogP contribution in [0.2, 0.25) is 5.02 Å². The Morgan fingerprint density at radius 3 is 2.75 bits per heavy atom. The predicted octanol–water partition coefficient (Wildman–Crippen LogP) is 5.26. The van der Waals surface area contributed by atoms with E-state index in [-0.39, 0.29) is 0 Å². The fraction of sp³-hybridized carbons (Fsp3) is 0. The molecule has 0 amide bonds. The van der Waals surface area contributed by atoms with Gasteiger partial charge in [0.2, 0.25) is 5.89 Å². The van der Waals surface area contributed by atoms with Gasteiger partial charge in [0.25, 0.3) is 0 Å². The number of anilines is 2. The highest BCUT2D eigenvalue weighted by Gasteiger charge is 2.10. The molecule has 4 rings (SSSR count). The number of nitrogens with one attached hydrogen (secondary N) is 1. The first-order chi connectivity index (χ1) is 11.8. The molecular weight excluding hydrogens is 344 g/mol. The zero-order valence-corrected chi connectivity index (χ0v) is 13.9.